The summed E-state index contributed by atoms with van der Waals surface area (Å²) in [6.07, 6.45) is 0. The van der Waals surface area contributed by atoms with Gasteiger partial charge in [-0.05, 0) is 29.4 Å². The number of rotatable bonds is 3. The SMILES string of the molecule is CCN(C(=O)c1nonc1N)c1cccc(O)c1. The Morgan fingerprint density at radius 2 is 2.28 bits per heavy atom. The highest BCUT2D eigenvalue weighted by Gasteiger charge is 2.23. The molecule has 0 aliphatic rings. The molecule has 0 bridgehead atoms. The summed E-state index contributed by atoms with van der Waals surface area (Å²) >= 11 is 0. The fourth-order valence-corrected chi connectivity index (χ4v) is 1.58. The molecule has 0 aliphatic heterocycles. The number of anilines is 2. The lowest BCUT2D eigenvalue weighted by Crippen LogP contribution is -2.31. The van der Waals surface area contributed by atoms with Crippen molar-refractivity contribution < 1.29 is 14.5 Å². The molecule has 94 valence electrons. The first-order chi connectivity index (χ1) is 8.63. The lowest BCUT2D eigenvalue weighted by molar-refractivity contribution is 0.0979. The second kappa shape index (κ2) is 4.74. The Morgan fingerprint density at radius 1 is 1.50 bits per heavy atom. The summed E-state index contributed by atoms with van der Waals surface area (Å²) in [6.45, 7) is 2.19. The normalized spacial score (nSPS) is 10.3. The highest BCUT2D eigenvalue weighted by Crippen LogP contribution is 2.22. The summed E-state index contributed by atoms with van der Waals surface area (Å²) in [6, 6.07) is 6.34. The number of nitrogen functional groups attached to an aromatic ring is 1. The Kier molecular flexibility index (Phi) is 3.13. The van der Waals surface area contributed by atoms with Crippen molar-refractivity contribution in [1.82, 2.24) is 10.3 Å². The standard InChI is InChI=1S/C11H12N4O3/c1-2-15(7-4-3-5-8(16)6-7)11(17)9-10(12)14-18-13-9/h3-6,16H,2H2,1H3,(H2,12,14). The monoisotopic (exact) mass is 248 g/mol. The number of nitrogens with two attached hydrogens (primary N) is 1. The predicted molar refractivity (Wildman–Crippen MR) is 64.2 cm³/mol. The molecular formula is C11H12N4O3. The Hall–Kier alpha value is -2.57. The number of aromatic hydroxyl groups is 1. The topological polar surface area (TPSA) is 105 Å². The maximum Gasteiger partial charge on any atom is 0.284 e. The Bertz CT molecular complexity index is 567. The third-order valence-electron chi connectivity index (χ3n) is 2.42. The molecular weight excluding hydrogens is 236 g/mol. The maximum atomic E-state index is 12.2. The minimum absolute atomic E-state index is 0.0415. The van der Waals surface area contributed by atoms with Crippen LogP contribution < -0.4 is 10.6 Å². The van der Waals surface area contributed by atoms with Crippen molar-refractivity contribution in [2.75, 3.05) is 17.2 Å². The van der Waals surface area contributed by atoms with Gasteiger partial charge in [0.15, 0.2) is 0 Å². The molecule has 3 N–H and O–H groups in total. The maximum absolute atomic E-state index is 12.2. The van der Waals surface area contributed by atoms with E-state index in [-0.39, 0.29) is 17.3 Å². The van der Waals surface area contributed by atoms with E-state index < -0.39 is 5.91 Å². The van der Waals surface area contributed by atoms with E-state index in [9.17, 15) is 9.90 Å². The molecule has 0 saturated heterocycles. The number of phenolic OH excluding ortho intramolecular Hbond substituents is 1. The number of hydrogen-bond acceptors (Lipinski definition) is 6. The van der Waals surface area contributed by atoms with E-state index in [1.165, 1.54) is 17.0 Å². The third kappa shape index (κ3) is 2.10. The minimum Gasteiger partial charge on any atom is -0.508 e. The Balaban J connectivity index is 2.35. The van der Waals surface area contributed by atoms with Crippen molar-refractivity contribution in [2.24, 2.45) is 0 Å². The summed E-state index contributed by atoms with van der Waals surface area (Å²) < 4.78 is 4.40. The summed E-state index contributed by atoms with van der Waals surface area (Å²) in [7, 11) is 0. The molecule has 0 unspecified atom stereocenters. The lowest BCUT2D eigenvalue weighted by atomic mass is 10.2. The molecule has 0 radical (unpaired) electrons. The van der Waals surface area contributed by atoms with Crippen LogP contribution in [0.4, 0.5) is 11.5 Å². The molecule has 0 spiro atoms. The Labute approximate surface area is 103 Å². The van der Waals surface area contributed by atoms with Crippen LogP contribution in [-0.4, -0.2) is 27.9 Å². The van der Waals surface area contributed by atoms with Gasteiger partial charge in [0, 0.05) is 18.3 Å². The first-order valence-electron chi connectivity index (χ1n) is 5.32. The molecule has 1 amide bonds. The van der Waals surface area contributed by atoms with E-state index in [0.717, 1.165) is 0 Å². The van der Waals surface area contributed by atoms with Crippen molar-refractivity contribution in [2.45, 2.75) is 6.92 Å². The van der Waals surface area contributed by atoms with E-state index in [1.807, 2.05) is 0 Å². The average Bonchev–Trinajstić information content (AvgIpc) is 2.76. The van der Waals surface area contributed by atoms with Crippen molar-refractivity contribution in [3.05, 3.63) is 30.0 Å². The number of phenols is 1. The summed E-state index contributed by atoms with van der Waals surface area (Å²) in [5, 5.41) is 16.2. The molecule has 0 fully saturated rings. The lowest BCUT2D eigenvalue weighted by Gasteiger charge is -2.19. The van der Waals surface area contributed by atoms with Gasteiger partial charge in [-0.15, -0.1) is 0 Å². The summed E-state index contributed by atoms with van der Waals surface area (Å²) in [5.41, 5.74) is 5.98. The summed E-state index contributed by atoms with van der Waals surface area (Å²) in [4.78, 5) is 13.6. The van der Waals surface area contributed by atoms with Gasteiger partial charge in [0.05, 0.1) is 0 Å². The quantitative estimate of drug-likeness (QED) is 0.840. The van der Waals surface area contributed by atoms with Crippen LogP contribution in [0.3, 0.4) is 0 Å². The third-order valence-corrected chi connectivity index (χ3v) is 2.42. The highest BCUT2D eigenvalue weighted by atomic mass is 16.6. The fourth-order valence-electron chi connectivity index (χ4n) is 1.58. The largest absolute Gasteiger partial charge is 0.508 e. The number of carbonyl (C=O) groups is 1. The van der Waals surface area contributed by atoms with Gasteiger partial charge in [-0.1, -0.05) is 6.07 Å². The molecule has 1 aromatic heterocycles. The predicted octanol–water partition coefficient (Wildman–Crippen LogP) is 1.02. The van der Waals surface area contributed by atoms with Crippen LogP contribution in [0.2, 0.25) is 0 Å². The zero-order chi connectivity index (χ0) is 13.1. The number of amides is 1. The molecule has 1 aromatic carbocycles. The Morgan fingerprint density at radius 3 is 2.83 bits per heavy atom. The van der Waals surface area contributed by atoms with Crippen LogP contribution in [0.5, 0.6) is 5.75 Å². The first-order valence-corrected chi connectivity index (χ1v) is 5.32. The van der Waals surface area contributed by atoms with Crippen LogP contribution in [-0.2, 0) is 0 Å². The van der Waals surface area contributed by atoms with Gasteiger partial charge in [-0.2, -0.15) is 0 Å². The van der Waals surface area contributed by atoms with Gasteiger partial charge in [0.1, 0.15) is 5.75 Å². The van der Waals surface area contributed by atoms with E-state index in [0.29, 0.717) is 12.2 Å². The number of benzene rings is 1. The van der Waals surface area contributed by atoms with Gasteiger partial charge < -0.3 is 15.7 Å². The van der Waals surface area contributed by atoms with Crippen molar-refractivity contribution in [3.8, 4) is 5.75 Å². The molecule has 2 aromatic rings. The van der Waals surface area contributed by atoms with Crippen LogP contribution in [0.25, 0.3) is 0 Å². The molecule has 2 rings (SSSR count). The van der Waals surface area contributed by atoms with E-state index in [1.54, 1.807) is 19.1 Å². The smallest absolute Gasteiger partial charge is 0.284 e. The molecule has 18 heavy (non-hydrogen) atoms. The number of carbonyl (C=O) groups excluding carboxylic acids is 1. The van der Waals surface area contributed by atoms with Crippen LogP contribution in [0, 0.1) is 0 Å². The average molecular weight is 248 g/mol. The van der Waals surface area contributed by atoms with Crippen molar-refractivity contribution in [1.29, 1.82) is 0 Å². The molecule has 7 heteroatoms. The molecule has 0 saturated carbocycles. The number of hydrogen-bond donors (Lipinski definition) is 2. The van der Waals surface area contributed by atoms with Crippen LogP contribution in [0.1, 0.15) is 17.4 Å². The van der Waals surface area contributed by atoms with Crippen molar-refractivity contribution in [3.63, 3.8) is 0 Å². The highest BCUT2D eigenvalue weighted by molar-refractivity contribution is 6.07. The van der Waals surface area contributed by atoms with E-state index >= 15 is 0 Å². The van der Waals surface area contributed by atoms with E-state index in [4.69, 9.17) is 5.73 Å². The van der Waals surface area contributed by atoms with Gasteiger partial charge in [0.2, 0.25) is 11.5 Å². The first kappa shape index (κ1) is 11.9. The second-order valence-electron chi connectivity index (χ2n) is 3.57. The van der Waals surface area contributed by atoms with Gasteiger partial charge in [-0.3, -0.25) is 4.79 Å². The number of aromatic nitrogens is 2. The zero-order valence-electron chi connectivity index (χ0n) is 9.70. The fraction of sp³-hybridized carbons (Fsp3) is 0.182. The van der Waals surface area contributed by atoms with Gasteiger partial charge >= 0.3 is 0 Å². The minimum atomic E-state index is -0.429. The molecule has 0 atom stereocenters. The van der Waals surface area contributed by atoms with Gasteiger partial charge in [0.25, 0.3) is 5.91 Å². The number of nitrogens with zero attached hydrogens (tertiary/aromatic N) is 3. The zero-order valence-corrected chi connectivity index (χ0v) is 9.70. The van der Waals surface area contributed by atoms with Crippen molar-refractivity contribution >= 4 is 17.4 Å². The molecule has 7 nitrogen and oxygen atoms in total. The molecule has 0 aliphatic carbocycles. The summed E-state index contributed by atoms with van der Waals surface area (Å²) in [5.74, 6) is -0.412. The van der Waals surface area contributed by atoms with Gasteiger partial charge in [-0.25, -0.2) is 4.63 Å². The van der Waals surface area contributed by atoms with E-state index in [2.05, 4.69) is 14.9 Å². The second-order valence-corrected chi connectivity index (χ2v) is 3.57. The molecule has 1 heterocycles. The van der Waals surface area contributed by atoms with Crippen LogP contribution >= 0.6 is 0 Å². The van der Waals surface area contributed by atoms with Crippen LogP contribution in [0.15, 0.2) is 28.9 Å².